The normalized spacial score (nSPS) is 19.8. The zero-order valence-corrected chi connectivity index (χ0v) is 11.5. The van der Waals surface area contributed by atoms with Gasteiger partial charge in [-0.1, -0.05) is 30.3 Å². The zero-order chi connectivity index (χ0) is 15.1. The van der Waals surface area contributed by atoms with Crippen LogP contribution in [0.5, 0.6) is 0 Å². The minimum atomic E-state index is -1.16. The van der Waals surface area contributed by atoms with Gasteiger partial charge >= 0.3 is 0 Å². The smallest absolute Gasteiger partial charge is 0.239 e. The summed E-state index contributed by atoms with van der Waals surface area (Å²) in [7, 11) is 0. The van der Waals surface area contributed by atoms with E-state index in [1.54, 1.807) is 4.68 Å². The summed E-state index contributed by atoms with van der Waals surface area (Å²) in [5.74, 6) is 0.581. The summed E-state index contributed by atoms with van der Waals surface area (Å²) < 4.78 is 17.2. The molecule has 3 heterocycles. The quantitative estimate of drug-likeness (QED) is 0.727. The number of benzene rings is 1. The summed E-state index contributed by atoms with van der Waals surface area (Å²) >= 11 is 0. The Morgan fingerprint density at radius 1 is 1.27 bits per heavy atom. The van der Waals surface area contributed by atoms with Crippen LogP contribution < -0.4 is 0 Å². The fourth-order valence-corrected chi connectivity index (χ4v) is 2.71. The first-order valence-corrected chi connectivity index (χ1v) is 6.87. The van der Waals surface area contributed by atoms with Crippen LogP contribution in [0, 0.1) is 11.3 Å². The summed E-state index contributed by atoms with van der Waals surface area (Å²) in [4.78, 5) is 4.23. The van der Waals surface area contributed by atoms with Crippen molar-refractivity contribution in [2.24, 2.45) is 0 Å². The van der Waals surface area contributed by atoms with Crippen molar-refractivity contribution in [2.75, 3.05) is 0 Å². The molecule has 0 saturated heterocycles. The van der Waals surface area contributed by atoms with Crippen molar-refractivity contribution < 1.29 is 4.39 Å². The van der Waals surface area contributed by atoms with E-state index in [4.69, 9.17) is 5.26 Å². The number of fused-ring (bicyclic) bond motifs is 1. The molecule has 4 rings (SSSR count). The van der Waals surface area contributed by atoms with Crippen molar-refractivity contribution >= 4 is 0 Å². The Balaban J connectivity index is 1.76. The van der Waals surface area contributed by atoms with Crippen molar-refractivity contribution in [1.29, 1.82) is 5.26 Å². The van der Waals surface area contributed by atoms with Gasteiger partial charge in [0.15, 0.2) is 12.0 Å². The van der Waals surface area contributed by atoms with E-state index in [9.17, 15) is 4.39 Å². The molecule has 1 aromatic carbocycles. The molecular formula is C15H11FN6. The van der Waals surface area contributed by atoms with Gasteiger partial charge in [-0.05, 0) is 5.56 Å². The predicted octanol–water partition coefficient (Wildman–Crippen LogP) is 2.34. The molecule has 0 N–H and O–H groups in total. The largest absolute Gasteiger partial charge is 0.269 e. The molecule has 2 aromatic heterocycles. The Labute approximate surface area is 125 Å². The number of nitriles is 1. The predicted molar refractivity (Wildman–Crippen MR) is 74.9 cm³/mol. The topological polar surface area (TPSA) is 72.3 Å². The molecule has 22 heavy (non-hydrogen) atoms. The third kappa shape index (κ3) is 1.89. The third-order valence-corrected chi connectivity index (χ3v) is 3.75. The van der Waals surface area contributed by atoms with Crippen LogP contribution in [0.4, 0.5) is 4.39 Å². The summed E-state index contributed by atoms with van der Waals surface area (Å²) in [5, 5.41) is 17.2. The van der Waals surface area contributed by atoms with Gasteiger partial charge in [0, 0.05) is 6.42 Å². The molecule has 0 radical (unpaired) electrons. The standard InChI is InChI=1S/C15H11FN6/c16-12-6-13(11-4-2-1-3-5-11)22-14(12)19-15(20-22)21-9-10(7-17)8-18-21/h1-5,8-9,12-13H,6H2. The van der Waals surface area contributed by atoms with Gasteiger partial charge in [-0.2, -0.15) is 15.3 Å². The lowest BCUT2D eigenvalue weighted by atomic mass is 10.0. The highest BCUT2D eigenvalue weighted by molar-refractivity contribution is 5.28. The summed E-state index contributed by atoms with van der Waals surface area (Å²) in [5.41, 5.74) is 1.41. The van der Waals surface area contributed by atoms with Gasteiger partial charge in [0.05, 0.1) is 24.0 Å². The average Bonchev–Trinajstić information content (AvgIpc) is 3.24. The lowest BCUT2D eigenvalue weighted by Gasteiger charge is -2.11. The van der Waals surface area contributed by atoms with Crippen LogP contribution >= 0.6 is 0 Å². The van der Waals surface area contributed by atoms with Gasteiger partial charge in [0.1, 0.15) is 6.07 Å². The van der Waals surface area contributed by atoms with Crippen LogP contribution in [0.25, 0.3) is 5.95 Å². The van der Waals surface area contributed by atoms with E-state index in [1.165, 1.54) is 17.1 Å². The summed E-state index contributed by atoms with van der Waals surface area (Å²) in [6, 6.07) is 11.5. The molecule has 6 nitrogen and oxygen atoms in total. The number of nitrogens with zero attached hydrogens (tertiary/aromatic N) is 6. The maximum Gasteiger partial charge on any atom is 0.269 e. The van der Waals surface area contributed by atoms with Crippen LogP contribution in [0.3, 0.4) is 0 Å². The lowest BCUT2D eigenvalue weighted by molar-refractivity contribution is 0.328. The van der Waals surface area contributed by atoms with Crippen LogP contribution in [-0.4, -0.2) is 24.5 Å². The molecule has 0 spiro atoms. The molecule has 108 valence electrons. The Kier molecular flexibility index (Phi) is 2.76. The van der Waals surface area contributed by atoms with Gasteiger partial charge < -0.3 is 0 Å². The molecule has 1 aliphatic heterocycles. The van der Waals surface area contributed by atoms with Crippen LogP contribution in [0.15, 0.2) is 42.7 Å². The van der Waals surface area contributed by atoms with Crippen molar-refractivity contribution in [3.05, 3.63) is 59.7 Å². The zero-order valence-electron chi connectivity index (χ0n) is 11.5. The summed E-state index contributed by atoms with van der Waals surface area (Å²) in [6.45, 7) is 0. The van der Waals surface area contributed by atoms with Crippen LogP contribution in [0.1, 0.15) is 35.6 Å². The first-order chi connectivity index (χ1) is 10.8. The van der Waals surface area contributed by atoms with E-state index in [-0.39, 0.29) is 12.0 Å². The van der Waals surface area contributed by atoms with E-state index in [1.807, 2.05) is 36.4 Å². The number of hydrogen-bond acceptors (Lipinski definition) is 4. The van der Waals surface area contributed by atoms with Crippen molar-refractivity contribution in [1.82, 2.24) is 24.5 Å². The van der Waals surface area contributed by atoms with E-state index < -0.39 is 6.17 Å². The Morgan fingerprint density at radius 3 is 2.82 bits per heavy atom. The highest BCUT2D eigenvalue weighted by atomic mass is 19.1. The number of halogens is 1. The molecule has 3 aromatic rings. The maximum absolute atomic E-state index is 14.2. The van der Waals surface area contributed by atoms with Crippen LogP contribution in [0.2, 0.25) is 0 Å². The molecule has 2 atom stereocenters. The Morgan fingerprint density at radius 2 is 2.09 bits per heavy atom. The van der Waals surface area contributed by atoms with E-state index in [0.29, 0.717) is 17.8 Å². The Hall–Kier alpha value is -3.01. The highest BCUT2D eigenvalue weighted by Gasteiger charge is 2.35. The Bertz CT molecular complexity index is 860. The second-order valence-electron chi connectivity index (χ2n) is 5.13. The molecular weight excluding hydrogens is 283 g/mol. The number of aromatic nitrogens is 5. The molecule has 1 aliphatic rings. The average molecular weight is 294 g/mol. The SMILES string of the molecule is N#Cc1cnn(-c2nc3n(n2)C(c2ccccc2)CC3F)c1. The van der Waals surface area contributed by atoms with Crippen molar-refractivity contribution in [3.8, 4) is 12.0 Å². The summed E-state index contributed by atoms with van der Waals surface area (Å²) in [6.07, 6.45) is 2.13. The van der Waals surface area contributed by atoms with E-state index >= 15 is 0 Å². The second-order valence-corrected chi connectivity index (χ2v) is 5.13. The van der Waals surface area contributed by atoms with Gasteiger partial charge in [-0.3, -0.25) is 0 Å². The van der Waals surface area contributed by atoms with E-state index in [0.717, 1.165) is 5.56 Å². The minimum Gasteiger partial charge on any atom is -0.239 e. The lowest BCUT2D eigenvalue weighted by Crippen LogP contribution is -2.08. The highest BCUT2D eigenvalue weighted by Crippen LogP contribution is 2.39. The third-order valence-electron chi connectivity index (χ3n) is 3.75. The fraction of sp³-hybridized carbons (Fsp3) is 0.200. The minimum absolute atomic E-state index is 0.168. The number of rotatable bonds is 2. The molecule has 0 fully saturated rings. The first-order valence-electron chi connectivity index (χ1n) is 6.87. The molecule has 7 heteroatoms. The van der Waals surface area contributed by atoms with Gasteiger partial charge in [-0.25, -0.2) is 13.8 Å². The number of hydrogen-bond donors (Lipinski definition) is 0. The van der Waals surface area contributed by atoms with E-state index in [2.05, 4.69) is 15.2 Å². The molecule has 2 unspecified atom stereocenters. The number of alkyl halides is 1. The maximum atomic E-state index is 14.2. The van der Waals surface area contributed by atoms with Gasteiger partial charge in [0.2, 0.25) is 0 Å². The monoisotopic (exact) mass is 294 g/mol. The first kappa shape index (κ1) is 12.7. The van der Waals surface area contributed by atoms with Crippen molar-refractivity contribution in [3.63, 3.8) is 0 Å². The molecule has 0 bridgehead atoms. The molecule has 0 saturated carbocycles. The van der Waals surface area contributed by atoms with Gasteiger partial charge in [0.25, 0.3) is 5.95 Å². The second kappa shape index (κ2) is 4.77. The fourth-order valence-electron chi connectivity index (χ4n) is 2.71. The van der Waals surface area contributed by atoms with Crippen molar-refractivity contribution in [2.45, 2.75) is 18.6 Å². The molecule has 0 amide bonds. The van der Waals surface area contributed by atoms with Gasteiger partial charge in [-0.15, -0.1) is 5.10 Å². The van der Waals surface area contributed by atoms with Crippen LogP contribution in [-0.2, 0) is 0 Å². The molecule has 0 aliphatic carbocycles.